The normalized spacial score (nSPS) is 11.3. The van der Waals surface area contributed by atoms with Gasteiger partial charge in [0.05, 0.1) is 30.1 Å². The van der Waals surface area contributed by atoms with Gasteiger partial charge in [0.25, 0.3) is 5.91 Å². The number of carbonyl (C=O) groups excluding carboxylic acids is 2. The van der Waals surface area contributed by atoms with E-state index in [4.69, 9.17) is 4.74 Å². The van der Waals surface area contributed by atoms with Crippen LogP contribution < -0.4 is 15.4 Å². The van der Waals surface area contributed by atoms with Gasteiger partial charge >= 0.3 is 5.97 Å². The summed E-state index contributed by atoms with van der Waals surface area (Å²) in [7, 11) is 0. The zero-order valence-corrected chi connectivity index (χ0v) is 25.5. The first-order chi connectivity index (χ1) is 21.7. The highest BCUT2D eigenvalue weighted by molar-refractivity contribution is 9.10. The number of amides is 2. The minimum absolute atomic E-state index is 0.0308. The third-order valence-electron chi connectivity index (χ3n) is 6.93. The molecule has 226 valence electrons. The fraction of sp³-hybridized carbons (Fsp3) is 0.0833. The summed E-state index contributed by atoms with van der Waals surface area (Å²) in [6.07, 6.45) is -0.432. The highest BCUT2D eigenvalue weighted by Gasteiger charge is 2.23. The molecule has 45 heavy (non-hydrogen) atoms. The van der Waals surface area contributed by atoms with Crippen LogP contribution in [-0.4, -0.2) is 22.9 Å². The first-order valence-corrected chi connectivity index (χ1v) is 14.8. The van der Waals surface area contributed by atoms with E-state index in [2.05, 4.69) is 26.6 Å². The molecule has 5 aromatic rings. The molecule has 0 aromatic heterocycles. The Kier molecular flexibility index (Phi) is 10.0. The van der Waals surface area contributed by atoms with Gasteiger partial charge in [-0.3, -0.25) is 14.4 Å². The van der Waals surface area contributed by atoms with E-state index >= 15 is 0 Å². The number of benzene rings is 5. The average Bonchev–Trinajstić information content (AvgIpc) is 3.03. The maximum absolute atomic E-state index is 13.7. The Morgan fingerprint density at radius 2 is 1.51 bits per heavy atom. The monoisotopic (exact) mass is 666 g/mol. The van der Waals surface area contributed by atoms with Gasteiger partial charge in [0.15, 0.2) is 0 Å². The Morgan fingerprint density at radius 3 is 2.20 bits per heavy atom. The molecule has 0 saturated heterocycles. The lowest BCUT2D eigenvalue weighted by Crippen LogP contribution is -2.31. The Hall–Kier alpha value is -5.28. The Balaban J connectivity index is 1.43. The lowest BCUT2D eigenvalue weighted by Gasteiger charge is -2.21. The summed E-state index contributed by atoms with van der Waals surface area (Å²) < 4.78 is 20.1. The van der Waals surface area contributed by atoms with E-state index in [1.165, 1.54) is 24.3 Å². The molecule has 0 heterocycles. The predicted octanol–water partition coefficient (Wildman–Crippen LogP) is 8.17. The van der Waals surface area contributed by atoms with Crippen LogP contribution in [0.1, 0.15) is 33.9 Å². The van der Waals surface area contributed by atoms with Crippen molar-refractivity contribution in [2.75, 3.05) is 5.32 Å². The second kappa shape index (κ2) is 14.5. The van der Waals surface area contributed by atoms with Gasteiger partial charge in [-0.05, 0) is 65.2 Å². The number of carboxylic acids is 1. The highest BCUT2D eigenvalue weighted by atomic mass is 79.9. The molecule has 7 nitrogen and oxygen atoms in total. The summed E-state index contributed by atoms with van der Waals surface area (Å²) in [5, 5.41) is 15.4. The molecule has 0 fully saturated rings. The van der Waals surface area contributed by atoms with Crippen molar-refractivity contribution in [1.82, 2.24) is 5.32 Å². The number of halogens is 2. The maximum Gasteiger partial charge on any atom is 0.305 e. The first kappa shape index (κ1) is 31.2. The number of aliphatic carboxylic acids is 1. The van der Waals surface area contributed by atoms with E-state index < -0.39 is 36.1 Å². The number of ether oxygens (including phenoxy) is 1. The molecule has 0 radical (unpaired) electrons. The molecule has 0 spiro atoms. The van der Waals surface area contributed by atoms with E-state index in [1.54, 1.807) is 30.3 Å². The summed E-state index contributed by atoms with van der Waals surface area (Å²) in [6.45, 7) is 0. The fourth-order valence-electron chi connectivity index (χ4n) is 4.77. The Morgan fingerprint density at radius 1 is 0.822 bits per heavy atom. The van der Waals surface area contributed by atoms with Crippen LogP contribution in [0.15, 0.2) is 126 Å². The molecule has 5 rings (SSSR count). The van der Waals surface area contributed by atoms with E-state index in [-0.39, 0.29) is 17.7 Å². The van der Waals surface area contributed by atoms with Gasteiger partial charge in [-0.25, -0.2) is 4.39 Å². The number of carbonyl (C=O) groups is 3. The topological polar surface area (TPSA) is 105 Å². The van der Waals surface area contributed by atoms with E-state index in [9.17, 15) is 23.9 Å². The minimum Gasteiger partial charge on any atom is -0.481 e. The van der Waals surface area contributed by atoms with Crippen molar-refractivity contribution >= 4 is 39.4 Å². The van der Waals surface area contributed by atoms with E-state index in [0.717, 1.165) is 11.1 Å². The second-order valence-electron chi connectivity index (χ2n) is 10.2. The van der Waals surface area contributed by atoms with Crippen LogP contribution in [-0.2, 0) is 16.0 Å². The molecular weight excluding hydrogens is 639 g/mol. The standard InChI is InChI=1S/C36H28BrFN2O5/c37-26-14-18-31(39-34(41)19-23-11-15-27(38)16-12-23)30(21-26)36(44)40-32(22-35(42)43)25-13-17-29(24-7-3-1-4-8-24)33(20-25)45-28-9-5-2-6-10-28/h1-18,20-21,32H,19,22H2,(H,39,41)(H,40,44)(H,42,43). The van der Waals surface area contributed by atoms with E-state index in [0.29, 0.717) is 27.1 Å². The van der Waals surface area contributed by atoms with Crippen molar-refractivity contribution in [3.63, 3.8) is 0 Å². The molecule has 0 aliphatic heterocycles. The molecule has 0 aliphatic carbocycles. The number of carboxylic acid groups (broad SMARTS) is 1. The first-order valence-electron chi connectivity index (χ1n) is 14.0. The van der Waals surface area contributed by atoms with Gasteiger partial charge in [-0.1, -0.05) is 88.7 Å². The second-order valence-corrected chi connectivity index (χ2v) is 11.1. The molecule has 9 heteroatoms. The van der Waals surface area contributed by atoms with Gasteiger partial charge in [0.1, 0.15) is 17.3 Å². The molecule has 2 amide bonds. The molecule has 1 unspecified atom stereocenters. The minimum atomic E-state index is -1.11. The summed E-state index contributed by atoms with van der Waals surface area (Å²) in [5.74, 6) is -1.42. The number of hydrogen-bond acceptors (Lipinski definition) is 4. The Bertz CT molecular complexity index is 1820. The zero-order valence-electron chi connectivity index (χ0n) is 23.9. The predicted molar refractivity (Wildman–Crippen MR) is 174 cm³/mol. The van der Waals surface area contributed by atoms with Crippen LogP contribution in [0.25, 0.3) is 11.1 Å². The van der Waals surface area contributed by atoms with Crippen molar-refractivity contribution in [2.45, 2.75) is 18.9 Å². The number of hydrogen-bond donors (Lipinski definition) is 3. The summed E-state index contributed by atoms with van der Waals surface area (Å²) >= 11 is 3.38. The molecule has 5 aromatic carbocycles. The summed E-state index contributed by atoms with van der Waals surface area (Å²) in [6, 6.07) is 33.6. The molecule has 0 saturated carbocycles. The van der Waals surface area contributed by atoms with Crippen molar-refractivity contribution in [1.29, 1.82) is 0 Å². The van der Waals surface area contributed by atoms with Gasteiger partial charge in [0, 0.05) is 10.0 Å². The Labute approximate surface area is 267 Å². The van der Waals surface area contributed by atoms with E-state index in [1.807, 2.05) is 66.7 Å². The lowest BCUT2D eigenvalue weighted by atomic mass is 9.97. The van der Waals surface area contributed by atoms with Crippen molar-refractivity contribution in [3.8, 4) is 22.6 Å². The number of para-hydroxylation sites is 1. The summed E-state index contributed by atoms with van der Waals surface area (Å²) in [5.41, 5.74) is 3.20. The largest absolute Gasteiger partial charge is 0.481 e. The third-order valence-corrected chi connectivity index (χ3v) is 7.42. The van der Waals surface area contributed by atoms with Crippen LogP contribution in [0.4, 0.5) is 10.1 Å². The molecule has 0 bridgehead atoms. The number of rotatable bonds is 11. The van der Waals surface area contributed by atoms with Crippen LogP contribution in [0, 0.1) is 5.82 Å². The lowest BCUT2D eigenvalue weighted by molar-refractivity contribution is -0.137. The smallest absolute Gasteiger partial charge is 0.305 e. The zero-order chi connectivity index (χ0) is 31.8. The third kappa shape index (κ3) is 8.43. The van der Waals surface area contributed by atoms with Gasteiger partial charge < -0.3 is 20.5 Å². The summed E-state index contributed by atoms with van der Waals surface area (Å²) in [4.78, 5) is 38.4. The SMILES string of the molecule is O=C(O)CC(NC(=O)c1cc(Br)ccc1NC(=O)Cc1ccc(F)cc1)c1ccc(-c2ccccc2)c(Oc2ccccc2)c1. The van der Waals surface area contributed by atoms with Gasteiger partial charge in [-0.2, -0.15) is 0 Å². The molecule has 0 aliphatic rings. The van der Waals surface area contributed by atoms with Crippen LogP contribution in [0.2, 0.25) is 0 Å². The van der Waals surface area contributed by atoms with Crippen molar-refractivity contribution < 1.29 is 28.6 Å². The maximum atomic E-state index is 13.7. The van der Waals surface area contributed by atoms with Crippen LogP contribution >= 0.6 is 15.9 Å². The fourth-order valence-corrected chi connectivity index (χ4v) is 5.13. The van der Waals surface area contributed by atoms with Gasteiger partial charge in [-0.15, -0.1) is 0 Å². The number of nitrogens with one attached hydrogen (secondary N) is 2. The van der Waals surface area contributed by atoms with Crippen molar-refractivity contribution in [2.24, 2.45) is 0 Å². The molecule has 1 atom stereocenters. The van der Waals surface area contributed by atoms with Crippen LogP contribution in [0.3, 0.4) is 0 Å². The van der Waals surface area contributed by atoms with Crippen LogP contribution in [0.5, 0.6) is 11.5 Å². The molecule has 3 N–H and O–H groups in total. The molecular formula is C36H28BrFN2O5. The highest BCUT2D eigenvalue weighted by Crippen LogP contribution is 2.36. The number of anilines is 1. The van der Waals surface area contributed by atoms with Crippen molar-refractivity contribution in [3.05, 3.63) is 148 Å². The van der Waals surface area contributed by atoms with Gasteiger partial charge in [0.2, 0.25) is 5.91 Å². The average molecular weight is 668 g/mol. The quantitative estimate of drug-likeness (QED) is 0.132.